The molecule has 0 saturated carbocycles. The topological polar surface area (TPSA) is 76.0 Å². The molecule has 2 heterocycles. The minimum absolute atomic E-state index is 0.0500. The minimum atomic E-state index is -3.47. The summed E-state index contributed by atoms with van der Waals surface area (Å²) in [7, 11) is -3.47. The molecule has 1 aliphatic rings. The van der Waals surface area contributed by atoms with Crippen molar-refractivity contribution in [2.24, 2.45) is 0 Å². The van der Waals surface area contributed by atoms with E-state index in [1.54, 1.807) is 6.07 Å². The molecule has 1 atom stereocenters. The van der Waals surface area contributed by atoms with E-state index in [-0.39, 0.29) is 11.8 Å². The van der Waals surface area contributed by atoms with Crippen LogP contribution in [0.2, 0.25) is 0 Å². The van der Waals surface area contributed by atoms with E-state index < -0.39 is 10.0 Å². The molecule has 0 bridgehead atoms. The number of sulfonamides is 1. The van der Waals surface area contributed by atoms with Crippen LogP contribution in [0.15, 0.2) is 67.0 Å². The number of nitrogens with one attached hydrogen (secondary N) is 2. The molecule has 4 rings (SSSR count). The second-order valence-corrected chi connectivity index (χ2v) is 8.47. The SMILES string of the molecule is O=S(=O)(Cc1ccccc1)Nc1cccc(NC2CCCn3ccnc32)c1. The maximum absolute atomic E-state index is 12.5. The molecular formula is C20H22N4O2S. The molecule has 6 nitrogen and oxygen atoms in total. The van der Waals surface area contributed by atoms with Crippen LogP contribution in [-0.2, 0) is 22.3 Å². The summed E-state index contributed by atoms with van der Waals surface area (Å²) >= 11 is 0. The Labute approximate surface area is 159 Å². The van der Waals surface area contributed by atoms with Crippen molar-refractivity contribution in [3.8, 4) is 0 Å². The molecular weight excluding hydrogens is 360 g/mol. The fourth-order valence-corrected chi connectivity index (χ4v) is 4.62. The van der Waals surface area contributed by atoms with Crippen molar-refractivity contribution < 1.29 is 8.42 Å². The Kier molecular flexibility index (Phi) is 4.85. The van der Waals surface area contributed by atoms with E-state index in [4.69, 9.17) is 0 Å². The van der Waals surface area contributed by atoms with E-state index in [2.05, 4.69) is 19.6 Å². The third kappa shape index (κ3) is 4.31. The van der Waals surface area contributed by atoms with Gasteiger partial charge in [-0.2, -0.15) is 0 Å². The van der Waals surface area contributed by atoms with Gasteiger partial charge in [0.1, 0.15) is 5.82 Å². The molecule has 1 aromatic heterocycles. The summed E-state index contributed by atoms with van der Waals surface area (Å²) in [5, 5.41) is 3.48. The minimum Gasteiger partial charge on any atom is -0.375 e. The largest absolute Gasteiger partial charge is 0.375 e. The lowest BCUT2D eigenvalue weighted by Gasteiger charge is -2.25. The normalized spacial score (nSPS) is 16.5. The van der Waals surface area contributed by atoms with Crippen molar-refractivity contribution in [1.29, 1.82) is 0 Å². The zero-order valence-corrected chi connectivity index (χ0v) is 15.7. The third-order valence-electron chi connectivity index (χ3n) is 4.63. The predicted octanol–water partition coefficient (Wildman–Crippen LogP) is 3.77. The first-order valence-corrected chi connectivity index (χ1v) is 10.7. The van der Waals surface area contributed by atoms with Gasteiger partial charge in [0, 0.05) is 24.6 Å². The van der Waals surface area contributed by atoms with Gasteiger partial charge in [-0.3, -0.25) is 4.72 Å². The smallest absolute Gasteiger partial charge is 0.236 e. The fraction of sp³-hybridized carbons (Fsp3) is 0.250. The van der Waals surface area contributed by atoms with Crippen LogP contribution >= 0.6 is 0 Å². The van der Waals surface area contributed by atoms with E-state index >= 15 is 0 Å². The van der Waals surface area contributed by atoms with Gasteiger partial charge in [-0.05, 0) is 36.6 Å². The summed E-state index contributed by atoms with van der Waals surface area (Å²) < 4.78 is 29.7. The van der Waals surface area contributed by atoms with Crippen LogP contribution in [-0.4, -0.2) is 18.0 Å². The third-order valence-corrected chi connectivity index (χ3v) is 5.89. The van der Waals surface area contributed by atoms with E-state index in [9.17, 15) is 8.42 Å². The van der Waals surface area contributed by atoms with Crippen LogP contribution in [0.25, 0.3) is 0 Å². The van der Waals surface area contributed by atoms with Gasteiger partial charge in [-0.25, -0.2) is 13.4 Å². The van der Waals surface area contributed by atoms with Crippen LogP contribution in [0, 0.1) is 0 Å². The van der Waals surface area contributed by atoms with Gasteiger partial charge in [0.25, 0.3) is 0 Å². The van der Waals surface area contributed by atoms with E-state index in [0.29, 0.717) is 5.69 Å². The number of benzene rings is 2. The molecule has 3 aromatic rings. The molecule has 140 valence electrons. The molecule has 0 amide bonds. The molecule has 0 spiro atoms. The Morgan fingerprint density at radius 1 is 1.07 bits per heavy atom. The lowest BCUT2D eigenvalue weighted by atomic mass is 10.1. The van der Waals surface area contributed by atoms with Crippen LogP contribution in [0.4, 0.5) is 11.4 Å². The van der Waals surface area contributed by atoms with Gasteiger partial charge in [0.2, 0.25) is 10.0 Å². The number of anilines is 2. The fourth-order valence-electron chi connectivity index (χ4n) is 3.43. The lowest BCUT2D eigenvalue weighted by Crippen LogP contribution is -2.21. The molecule has 0 fully saturated rings. The molecule has 0 radical (unpaired) electrons. The first-order valence-electron chi connectivity index (χ1n) is 9.01. The summed E-state index contributed by atoms with van der Waals surface area (Å²) in [6, 6.07) is 16.7. The average molecular weight is 382 g/mol. The van der Waals surface area contributed by atoms with Gasteiger partial charge < -0.3 is 9.88 Å². The van der Waals surface area contributed by atoms with Gasteiger partial charge >= 0.3 is 0 Å². The van der Waals surface area contributed by atoms with Crippen LogP contribution in [0.1, 0.15) is 30.3 Å². The second-order valence-electron chi connectivity index (χ2n) is 6.75. The van der Waals surface area contributed by atoms with E-state index in [1.165, 1.54) is 0 Å². The van der Waals surface area contributed by atoms with Gasteiger partial charge in [-0.15, -0.1) is 0 Å². The molecule has 27 heavy (non-hydrogen) atoms. The number of rotatable bonds is 6. The molecule has 0 aliphatic carbocycles. The Balaban J connectivity index is 1.47. The predicted molar refractivity (Wildman–Crippen MR) is 107 cm³/mol. The van der Waals surface area contributed by atoms with Gasteiger partial charge in [0.15, 0.2) is 0 Å². The zero-order valence-electron chi connectivity index (χ0n) is 14.9. The monoisotopic (exact) mass is 382 g/mol. The molecule has 2 N–H and O–H groups in total. The summed E-state index contributed by atoms with van der Waals surface area (Å²) in [5.74, 6) is 0.974. The Morgan fingerprint density at radius 2 is 1.89 bits per heavy atom. The molecule has 7 heteroatoms. The molecule has 0 saturated heterocycles. The van der Waals surface area contributed by atoms with Crippen molar-refractivity contribution >= 4 is 21.4 Å². The highest BCUT2D eigenvalue weighted by atomic mass is 32.2. The summed E-state index contributed by atoms with van der Waals surface area (Å²) in [4.78, 5) is 4.45. The lowest BCUT2D eigenvalue weighted by molar-refractivity contribution is 0.470. The number of aromatic nitrogens is 2. The highest BCUT2D eigenvalue weighted by Crippen LogP contribution is 2.28. The maximum atomic E-state index is 12.5. The van der Waals surface area contributed by atoms with Crippen LogP contribution in [0.3, 0.4) is 0 Å². The maximum Gasteiger partial charge on any atom is 0.236 e. The summed E-state index contributed by atoms with van der Waals surface area (Å²) in [6.07, 6.45) is 5.91. The molecule has 1 unspecified atom stereocenters. The van der Waals surface area contributed by atoms with Crippen molar-refractivity contribution in [3.63, 3.8) is 0 Å². The Hall–Kier alpha value is -2.80. The Morgan fingerprint density at radius 3 is 2.74 bits per heavy atom. The number of nitrogens with zero attached hydrogens (tertiary/aromatic N) is 2. The highest BCUT2D eigenvalue weighted by Gasteiger charge is 2.21. The standard InChI is InChI=1S/C20H22N4O2S/c25-27(26,15-16-6-2-1-3-7-16)23-18-9-4-8-17(14-18)22-19-10-5-12-24-13-11-21-20(19)24/h1-4,6-9,11,13-14,19,22-23H,5,10,12,15H2. The number of hydrogen-bond donors (Lipinski definition) is 2. The quantitative estimate of drug-likeness (QED) is 0.680. The van der Waals surface area contributed by atoms with Crippen molar-refractivity contribution in [3.05, 3.63) is 78.4 Å². The molecule has 1 aliphatic heterocycles. The van der Waals surface area contributed by atoms with Crippen molar-refractivity contribution in [2.75, 3.05) is 10.0 Å². The summed E-state index contributed by atoms with van der Waals surface area (Å²) in [6.45, 7) is 0.993. The Bertz CT molecular complexity index is 1020. The van der Waals surface area contributed by atoms with Gasteiger partial charge in [0.05, 0.1) is 17.5 Å². The number of hydrogen-bond acceptors (Lipinski definition) is 4. The van der Waals surface area contributed by atoms with Crippen molar-refractivity contribution in [2.45, 2.75) is 31.2 Å². The average Bonchev–Trinajstić information content (AvgIpc) is 3.12. The zero-order chi connectivity index (χ0) is 18.7. The van der Waals surface area contributed by atoms with Crippen LogP contribution < -0.4 is 10.0 Å². The van der Waals surface area contributed by atoms with Crippen LogP contribution in [0.5, 0.6) is 0 Å². The van der Waals surface area contributed by atoms with Crippen molar-refractivity contribution in [1.82, 2.24) is 9.55 Å². The van der Waals surface area contributed by atoms with E-state index in [0.717, 1.165) is 36.5 Å². The van der Waals surface area contributed by atoms with E-state index in [1.807, 2.05) is 60.9 Å². The highest BCUT2D eigenvalue weighted by molar-refractivity contribution is 7.91. The molecule has 2 aromatic carbocycles. The first-order chi connectivity index (χ1) is 13.1. The van der Waals surface area contributed by atoms with Gasteiger partial charge in [-0.1, -0.05) is 36.4 Å². The first kappa shape index (κ1) is 17.6. The number of fused-ring (bicyclic) bond motifs is 1. The number of aryl methyl sites for hydroxylation is 1. The summed E-state index contributed by atoms with van der Waals surface area (Å²) in [5.41, 5.74) is 2.18. The number of imidazole rings is 1. The second kappa shape index (κ2) is 7.44.